The van der Waals surface area contributed by atoms with Gasteiger partial charge in [-0.2, -0.15) is 0 Å². The molecule has 2 aliphatic heterocycles. The summed E-state index contributed by atoms with van der Waals surface area (Å²) in [6, 6.07) is 9.91. The van der Waals surface area contributed by atoms with Crippen molar-refractivity contribution in [2.24, 2.45) is 0 Å². The first-order valence-electron chi connectivity index (χ1n) is 11.7. The number of Topliss-reactive ketones (excluding diaryl/α,β-unsaturated/α-hetero) is 1. The Labute approximate surface area is 188 Å². The van der Waals surface area contributed by atoms with Gasteiger partial charge in [0.05, 0.1) is 11.1 Å². The zero-order chi connectivity index (χ0) is 22.2. The number of nitrogens with zero attached hydrogens (tertiary/aromatic N) is 2. The number of ketones is 1. The van der Waals surface area contributed by atoms with Gasteiger partial charge in [-0.05, 0) is 63.6 Å². The second-order valence-electron chi connectivity index (χ2n) is 8.91. The van der Waals surface area contributed by atoms with Crippen LogP contribution in [0.5, 0.6) is 11.5 Å². The second-order valence-corrected chi connectivity index (χ2v) is 8.91. The van der Waals surface area contributed by atoms with E-state index in [9.17, 15) is 9.90 Å². The molecule has 1 N–H and O–H groups in total. The highest BCUT2D eigenvalue weighted by Gasteiger charge is 2.34. The highest BCUT2D eigenvalue weighted by atomic mass is 16.5. The summed E-state index contributed by atoms with van der Waals surface area (Å²) in [5.41, 5.74) is 4.16. The molecular weight excluding hydrogens is 400 g/mol. The fourth-order valence-corrected chi connectivity index (χ4v) is 5.04. The van der Waals surface area contributed by atoms with Gasteiger partial charge < -0.3 is 14.4 Å². The highest BCUT2D eigenvalue weighted by Crippen LogP contribution is 2.42. The van der Waals surface area contributed by atoms with Crippen LogP contribution in [-0.4, -0.2) is 33.4 Å². The number of carbonyl (C=O) groups is 1. The molecule has 166 valence electrons. The predicted molar refractivity (Wildman–Crippen MR) is 127 cm³/mol. The molecule has 5 rings (SSSR count). The summed E-state index contributed by atoms with van der Waals surface area (Å²) in [5.74, 6) is 0.956. The van der Waals surface area contributed by atoms with Gasteiger partial charge in [-0.3, -0.25) is 9.69 Å². The zero-order valence-corrected chi connectivity index (χ0v) is 18.9. The van der Waals surface area contributed by atoms with Crippen LogP contribution in [0.25, 0.3) is 17.0 Å². The van der Waals surface area contributed by atoms with Crippen LogP contribution < -0.4 is 4.74 Å². The smallest absolute Gasteiger partial charge is 0.232 e. The molecular formula is C27H30N2O3. The van der Waals surface area contributed by atoms with Crippen LogP contribution in [0.4, 0.5) is 0 Å². The van der Waals surface area contributed by atoms with Gasteiger partial charge in [0.1, 0.15) is 11.5 Å². The number of hydrogen-bond acceptors (Lipinski definition) is 4. The van der Waals surface area contributed by atoms with Gasteiger partial charge >= 0.3 is 0 Å². The third-order valence-electron chi connectivity index (χ3n) is 6.75. The Hall–Kier alpha value is -3.05. The van der Waals surface area contributed by atoms with Gasteiger partial charge in [-0.1, -0.05) is 31.0 Å². The first-order valence-corrected chi connectivity index (χ1v) is 11.7. The number of phenols is 1. The molecule has 1 aromatic heterocycles. The Morgan fingerprint density at radius 3 is 2.62 bits per heavy atom. The summed E-state index contributed by atoms with van der Waals surface area (Å²) < 4.78 is 8.37. The van der Waals surface area contributed by atoms with Gasteiger partial charge in [0.2, 0.25) is 5.78 Å². The molecule has 0 unspecified atom stereocenters. The lowest BCUT2D eigenvalue weighted by Crippen LogP contribution is -2.24. The molecule has 0 saturated carbocycles. The van der Waals surface area contributed by atoms with Crippen LogP contribution in [0, 0.1) is 6.92 Å². The van der Waals surface area contributed by atoms with Crippen molar-refractivity contribution in [3.05, 3.63) is 64.5 Å². The Morgan fingerprint density at radius 2 is 1.88 bits per heavy atom. The number of benzene rings is 2. The zero-order valence-electron chi connectivity index (χ0n) is 18.9. The van der Waals surface area contributed by atoms with E-state index in [-0.39, 0.29) is 11.5 Å². The molecule has 32 heavy (non-hydrogen) atoms. The SMILES string of the molecule is CCn1cc(/C=C2\Oc3c(CN4CCCCCC4)c(O)cc(C)c3C2=O)c2ccccc21. The Kier molecular flexibility index (Phi) is 5.51. The maximum absolute atomic E-state index is 13.3. The third kappa shape index (κ3) is 3.61. The summed E-state index contributed by atoms with van der Waals surface area (Å²) in [6.45, 7) is 7.44. The molecule has 3 aromatic rings. The van der Waals surface area contributed by atoms with E-state index in [4.69, 9.17) is 4.74 Å². The van der Waals surface area contributed by atoms with Gasteiger partial charge in [0, 0.05) is 35.8 Å². The van der Waals surface area contributed by atoms with Gasteiger partial charge in [0.25, 0.3) is 0 Å². The van der Waals surface area contributed by atoms with Gasteiger partial charge in [-0.25, -0.2) is 0 Å². The van der Waals surface area contributed by atoms with Crippen LogP contribution in [0.3, 0.4) is 0 Å². The van der Waals surface area contributed by atoms with Crippen molar-refractivity contribution in [3.63, 3.8) is 0 Å². The molecule has 0 spiro atoms. The van der Waals surface area contributed by atoms with Crippen molar-refractivity contribution in [3.8, 4) is 11.5 Å². The number of aryl methyl sites for hydroxylation is 2. The molecule has 0 radical (unpaired) electrons. The fourth-order valence-electron chi connectivity index (χ4n) is 5.04. The first kappa shape index (κ1) is 20.8. The lowest BCUT2D eigenvalue weighted by molar-refractivity contribution is 0.101. The molecule has 2 aromatic carbocycles. The van der Waals surface area contributed by atoms with E-state index in [0.29, 0.717) is 23.6 Å². The summed E-state index contributed by atoms with van der Waals surface area (Å²) >= 11 is 0. The average molecular weight is 431 g/mol. The summed E-state index contributed by atoms with van der Waals surface area (Å²) in [7, 11) is 0. The number of hydrogen-bond donors (Lipinski definition) is 1. The molecule has 3 heterocycles. The van der Waals surface area contributed by atoms with Crippen molar-refractivity contribution < 1.29 is 14.6 Å². The number of aromatic hydroxyl groups is 1. The van der Waals surface area contributed by atoms with E-state index in [1.54, 1.807) is 6.07 Å². The lowest BCUT2D eigenvalue weighted by atomic mass is 9.99. The number of carbonyl (C=O) groups excluding carboxylic acids is 1. The first-order chi connectivity index (χ1) is 15.6. The minimum Gasteiger partial charge on any atom is -0.507 e. The van der Waals surface area contributed by atoms with Crippen molar-refractivity contribution in [2.75, 3.05) is 13.1 Å². The number of ether oxygens (including phenoxy) is 1. The second kappa shape index (κ2) is 8.47. The molecule has 0 aliphatic carbocycles. The molecule has 0 atom stereocenters. The molecule has 0 amide bonds. The van der Waals surface area contributed by atoms with Crippen LogP contribution in [0.1, 0.15) is 59.7 Å². The van der Waals surface area contributed by atoms with Crippen LogP contribution in [-0.2, 0) is 13.1 Å². The highest BCUT2D eigenvalue weighted by molar-refractivity contribution is 6.16. The summed E-state index contributed by atoms with van der Waals surface area (Å²) in [4.78, 5) is 15.7. The Bertz CT molecular complexity index is 1210. The third-order valence-corrected chi connectivity index (χ3v) is 6.75. The average Bonchev–Trinajstić information content (AvgIpc) is 3.17. The van der Waals surface area contributed by atoms with Gasteiger partial charge in [0.15, 0.2) is 5.76 Å². The monoisotopic (exact) mass is 430 g/mol. The molecule has 0 bridgehead atoms. The Balaban J connectivity index is 1.54. The number of fused-ring (bicyclic) bond motifs is 2. The normalized spacial score (nSPS) is 18.2. The van der Waals surface area contributed by atoms with E-state index >= 15 is 0 Å². The van der Waals surface area contributed by atoms with Crippen LogP contribution in [0.2, 0.25) is 0 Å². The number of allylic oxidation sites excluding steroid dienone is 1. The predicted octanol–water partition coefficient (Wildman–Crippen LogP) is 5.67. The van der Waals surface area contributed by atoms with Crippen molar-refractivity contribution >= 4 is 22.8 Å². The number of aromatic nitrogens is 1. The molecule has 1 fully saturated rings. The summed E-state index contributed by atoms with van der Waals surface area (Å²) in [5, 5.41) is 11.9. The van der Waals surface area contributed by atoms with Crippen molar-refractivity contribution in [1.82, 2.24) is 9.47 Å². The van der Waals surface area contributed by atoms with Crippen LogP contribution in [0.15, 0.2) is 42.3 Å². The van der Waals surface area contributed by atoms with Crippen molar-refractivity contribution in [1.29, 1.82) is 0 Å². The molecule has 1 saturated heterocycles. The summed E-state index contributed by atoms with van der Waals surface area (Å²) in [6.07, 6.45) is 8.76. The van der Waals surface area contributed by atoms with Crippen LogP contribution >= 0.6 is 0 Å². The number of phenolic OH excluding ortho intramolecular Hbond substituents is 1. The number of rotatable bonds is 4. The lowest BCUT2D eigenvalue weighted by Gasteiger charge is -2.21. The van der Waals surface area contributed by atoms with E-state index in [1.165, 1.54) is 25.7 Å². The minimum absolute atomic E-state index is 0.108. The Morgan fingerprint density at radius 1 is 1.12 bits per heavy atom. The standard InChI is InChI=1S/C27H30N2O3/c1-3-29-16-19(20-10-6-7-11-22(20)29)15-24-26(31)25-18(2)14-23(30)21(27(25)32-24)17-28-12-8-4-5-9-13-28/h6-7,10-11,14-16,30H,3-5,8-9,12-13,17H2,1-2H3/b24-15-. The van der Waals surface area contributed by atoms with Crippen molar-refractivity contribution in [2.45, 2.75) is 52.6 Å². The maximum atomic E-state index is 13.3. The van der Waals surface area contributed by atoms with E-state index in [1.807, 2.05) is 25.1 Å². The fraction of sp³-hybridized carbons (Fsp3) is 0.370. The topological polar surface area (TPSA) is 54.7 Å². The van der Waals surface area contributed by atoms with Gasteiger partial charge in [-0.15, -0.1) is 0 Å². The largest absolute Gasteiger partial charge is 0.507 e. The number of likely N-dealkylation sites (tertiary alicyclic amines) is 1. The van der Waals surface area contributed by atoms with E-state index in [2.05, 4.69) is 34.7 Å². The molecule has 2 aliphatic rings. The molecule has 5 nitrogen and oxygen atoms in total. The maximum Gasteiger partial charge on any atom is 0.232 e. The quantitative estimate of drug-likeness (QED) is 0.542. The number of para-hydroxylation sites is 1. The minimum atomic E-state index is -0.108. The molecule has 5 heteroatoms. The van der Waals surface area contributed by atoms with E-state index < -0.39 is 0 Å². The van der Waals surface area contributed by atoms with E-state index in [0.717, 1.165) is 47.2 Å².